The number of amides is 3. The van der Waals surface area contributed by atoms with Gasteiger partial charge in [0.2, 0.25) is 10.0 Å². The van der Waals surface area contributed by atoms with Crippen LogP contribution in [0.1, 0.15) is 28.8 Å². The molecule has 1 aromatic heterocycles. The molecule has 2 heterocycles. The van der Waals surface area contributed by atoms with Gasteiger partial charge < -0.3 is 19.1 Å². The lowest BCUT2D eigenvalue weighted by molar-refractivity contribution is 0.0941. The number of halogens is 2. The Balaban J connectivity index is 1.34. The van der Waals surface area contributed by atoms with E-state index in [1.54, 1.807) is 48.1 Å². The number of aryl methyl sites for hydroxylation is 1. The Morgan fingerprint density at radius 2 is 1.98 bits per heavy atom. The lowest BCUT2D eigenvalue weighted by atomic mass is 10.0. The van der Waals surface area contributed by atoms with Gasteiger partial charge in [-0.25, -0.2) is 22.6 Å². The first-order valence-corrected chi connectivity index (χ1v) is 14.9. The number of nitrogens with zero attached hydrogens (tertiary/aromatic N) is 4. The number of methoxy groups -OCH3 is 1. The van der Waals surface area contributed by atoms with Crippen LogP contribution >= 0.6 is 11.6 Å². The van der Waals surface area contributed by atoms with Gasteiger partial charge in [0.15, 0.2) is 5.82 Å². The van der Waals surface area contributed by atoms with Crippen molar-refractivity contribution in [1.82, 2.24) is 29.6 Å². The normalized spacial score (nSPS) is 15.4. The summed E-state index contributed by atoms with van der Waals surface area (Å²) < 4.78 is 47.1. The molecule has 14 heteroatoms. The largest absolute Gasteiger partial charge is 0.497 e. The number of nitrogens with one attached hydrogen (secondary N) is 2. The summed E-state index contributed by atoms with van der Waals surface area (Å²) in [6.07, 6.45) is 4.44. The number of urea groups is 1. The van der Waals surface area contributed by atoms with Gasteiger partial charge in [-0.05, 0) is 48.6 Å². The maximum absolute atomic E-state index is 14.7. The highest BCUT2D eigenvalue weighted by Crippen LogP contribution is 2.27. The van der Waals surface area contributed by atoms with E-state index >= 15 is 0 Å². The Morgan fingerprint density at radius 3 is 2.63 bits per heavy atom. The van der Waals surface area contributed by atoms with Crippen molar-refractivity contribution in [2.45, 2.75) is 19.4 Å². The van der Waals surface area contributed by atoms with Crippen molar-refractivity contribution in [3.05, 3.63) is 70.9 Å². The van der Waals surface area contributed by atoms with Crippen LogP contribution in [0.2, 0.25) is 5.02 Å². The Bertz CT molecular complexity index is 1510. The van der Waals surface area contributed by atoms with Crippen molar-refractivity contribution >= 4 is 33.6 Å². The summed E-state index contributed by atoms with van der Waals surface area (Å²) in [5.41, 5.74) is 3.43. The summed E-state index contributed by atoms with van der Waals surface area (Å²) in [5, 5.41) is -0.301. The zero-order chi connectivity index (χ0) is 29.7. The van der Waals surface area contributed by atoms with E-state index in [0.29, 0.717) is 37.2 Å². The number of carbonyl (C=O) groups is 2. The molecule has 11 nitrogen and oxygen atoms in total. The van der Waals surface area contributed by atoms with Gasteiger partial charge in [0.05, 0.1) is 35.5 Å². The van der Waals surface area contributed by atoms with Crippen molar-refractivity contribution in [3.8, 4) is 17.0 Å². The molecule has 4 rings (SSSR count). The minimum absolute atomic E-state index is 0.204. The molecular formula is C27H32ClFN6O5S. The number of ether oxygens (including phenoxy) is 1. The van der Waals surface area contributed by atoms with Gasteiger partial charge in [0.25, 0.3) is 5.91 Å². The number of aromatic nitrogens is 2. The first-order chi connectivity index (χ1) is 19.5. The van der Waals surface area contributed by atoms with Gasteiger partial charge in [-0.1, -0.05) is 23.7 Å². The van der Waals surface area contributed by atoms with Gasteiger partial charge in [-0.2, -0.15) is 0 Å². The van der Waals surface area contributed by atoms with E-state index in [1.807, 2.05) is 29.1 Å². The summed E-state index contributed by atoms with van der Waals surface area (Å²) in [6, 6.07) is 9.78. The third kappa shape index (κ3) is 7.75. The van der Waals surface area contributed by atoms with Gasteiger partial charge in [0.1, 0.15) is 5.75 Å². The van der Waals surface area contributed by atoms with Crippen LogP contribution in [0.25, 0.3) is 11.3 Å². The molecule has 0 spiro atoms. The Morgan fingerprint density at radius 1 is 1.24 bits per heavy atom. The number of piperidine rings is 1. The molecular weight excluding hydrogens is 575 g/mol. The average Bonchev–Trinajstić information content (AvgIpc) is 3.39. The van der Waals surface area contributed by atoms with Crippen molar-refractivity contribution in [2.24, 2.45) is 13.0 Å². The predicted molar refractivity (Wildman–Crippen MR) is 152 cm³/mol. The molecule has 2 N–H and O–H groups in total. The highest BCUT2D eigenvalue weighted by Gasteiger charge is 2.29. The monoisotopic (exact) mass is 606 g/mol. The van der Waals surface area contributed by atoms with E-state index in [1.165, 1.54) is 12.1 Å². The molecule has 0 aliphatic carbocycles. The van der Waals surface area contributed by atoms with Crippen LogP contribution < -0.4 is 15.0 Å². The molecule has 1 aliphatic heterocycles. The molecule has 1 fully saturated rings. The first-order valence-electron chi connectivity index (χ1n) is 12.9. The Labute approximate surface area is 243 Å². The van der Waals surface area contributed by atoms with E-state index in [9.17, 15) is 22.4 Å². The van der Waals surface area contributed by atoms with Gasteiger partial charge in [0, 0.05) is 45.5 Å². The SMILES string of the molecule is COc1ccc(CN(C)C(=O)N2CCCC(CS(=O)(=O)NNC(=O)c3cc(-c4cn(C)cn4)cc(Cl)c3F)C2)cc1. The summed E-state index contributed by atoms with van der Waals surface area (Å²) in [6.45, 7) is 1.15. The molecule has 3 amide bonds. The quantitative estimate of drug-likeness (QED) is 0.360. The lowest BCUT2D eigenvalue weighted by Gasteiger charge is -2.35. The zero-order valence-corrected chi connectivity index (χ0v) is 24.5. The van der Waals surface area contributed by atoms with Crippen LogP contribution in [0.4, 0.5) is 9.18 Å². The van der Waals surface area contributed by atoms with Gasteiger partial charge in [-0.3, -0.25) is 10.2 Å². The van der Waals surface area contributed by atoms with E-state index in [0.717, 1.165) is 11.3 Å². The molecule has 41 heavy (non-hydrogen) atoms. The topological polar surface area (TPSA) is 126 Å². The van der Waals surface area contributed by atoms with Crippen LogP contribution in [0.3, 0.4) is 0 Å². The number of carbonyl (C=O) groups excluding carboxylic acids is 2. The molecule has 1 unspecified atom stereocenters. The van der Waals surface area contributed by atoms with E-state index in [4.69, 9.17) is 16.3 Å². The molecule has 0 radical (unpaired) electrons. The molecule has 2 aromatic carbocycles. The molecule has 0 bridgehead atoms. The smallest absolute Gasteiger partial charge is 0.320 e. The third-order valence-corrected chi connectivity index (χ3v) is 8.34. The van der Waals surface area contributed by atoms with Crippen molar-refractivity contribution in [3.63, 3.8) is 0 Å². The minimum Gasteiger partial charge on any atom is -0.497 e. The second-order valence-electron chi connectivity index (χ2n) is 10.0. The lowest BCUT2D eigenvalue weighted by Crippen LogP contribution is -2.49. The van der Waals surface area contributed by atoms with Crippen LogP contribution in [0, 0.1) is 11.7 Å². The first kappa shape index (κ1) is 30.3. The van der Waals surface area contributed by atoms with Gasteiger partial charge in [-0.15, -0.1) is 4.83 Å². The number of sulfonamides is 1. The Kier molecular flexibility index (Phi) is 9.51. The second kappa shape index (κ2) is 12.9. The minimum atomic E-state index is -4.01. The molecule has 1 aliphatic rings. The van der Waals surface area contributed by atoms with E-state index in [-0.39, 0.29) is 29.3 Å². The van der Waals surface area contributed by atoms with Crippen LogP contribution in [-0.2, 0) is 23.6 Å². The summed E-state index contributed by atoms with van der Waals surface area (Å²) in [4.78, 5) is 35.2. The number of hydrogen-bond acceptors (Lipinski definition) is 6. The van der Waals surface area contributed by atoms with E-state index < -0.39 is 27.3 Å². The summed E-state index contributed by atoms with van der Waals surface area (Å²) >= 11 is 5.99. The van der Waals surface area contributed by atoms with Gasteiger partial charge >= 0.3 is 6.03 Å². The maximum atomic E-state index is 14.7. The number of hydrazine groups is 1. The van der Waals surface area contributed by atoms with Crippen LogP contribution in [0.15, 0.2) is 48.9 Å². The number of hydrogen-bond donors (Lipinski definition) is 2. The number of benzene rings is 2. The number of likely N-dealkylation sites (tertiary alicyclic amines) is 1. The van der Waals surface area contributed by atoms with Crippen molar-refractivity contribution < 1.29 is 27.1 Å². The molecule has 1 saturated heterocycles. The summed E-state index contributed by atoms with van der Waals surface area (Å²) in [5.74, 6) is -1.94. The molecule has 220 valence electrons. The highest BCUT2D eigenvalue weighted by atomic mass is 35.5. The zero-order valence-electron chi connectivity index (χ0n) is 22.9. The predicted octanol–water partition coefficient (Wildman–Crippen LogP) is 3.42. The fourth-order valence-corrected chi connectivity index (χ4v) is 6.14. The fourth-order valence-electron chi connectivity index (χ4n) is 4.70. The van der Waals surface area contributed by atoms with E-state index in [2.05, 4.69) is 10.4 Å². The number of imidazole rings is 1. The molecule has 1 atom stereocenters. The van der Waals surface area contributed by atoms with Crippen LogP contribution in [-0.4, -0.2) is 72.7 Å². The maximum Gasteiger partial charge on any atom is 0.320 e. The van der Waals surface area contributed by atoms with Crippen molar-refractivity contribution in [1.29, 1.82) is 0 Å². The average molecular weight is 607 g/mol. The summed E-state index contributed by atoms with van der Waals surface area (Å²) in [7, 11) is 1.02. The standard InChI is InChI=1S/C27H32ClFN6O5S/c1-33-15-24(30-17-33)20-11-22(25(29)23(28)12-20)26(36)31-32-41(38,39)16-19-5-4-10-35(14-19)27(37)34(2)13-18-6-8-21(40-3)9-7-18/h6-9,11-12,15,17,19,32H,4-5,10,13-14,16H2,1-3H3,(H,31,36). The molecule has 3 aromatic rings. The highest BCUT2D eigenvalue weighted by molar-refractivity contribution is 7.89. The number of rotatable bonds is 9. The van der Waals surface area contributed by atoms with Crippen LogP contribution in [0.5, 0.6) is 5.75 Å². The molecule has 0 saturated carbocycles. The third-order valence-electron chi connectivity index (χ3n) is 6.74. The van der Waals surface area contributed by atoms with Crippen molar-refractivity contribution in [2.75, 3.05) is 33.0 Å². The Hall–Kier alpha value is -3.68. The second-order valence-corrected chi connectivity index (χ2v) is 12.2. The fraction of sp³-hybridized carbons (Fsp3) is 0.370.